The summed E-state index contributed by atoms with van der Waals surface area (Å²) in [6, 6.07) is 0. The maximum Gasteiger partial charge on any atom is 0.216 e. The third kappa shape index (κ3) is 2.09. The van der Waals surface area contributed by atoms with Crippen molar-refractivity contribution in [3.63, 3.8) is 0 Å². The van der Waals surface area contributed by atoms with Crippen molar-refractivity contribution < 1.29 is 13.8 Å². The van der Waals surface area contributed by atoms with E-state index in [1.165, 1.54) is 0 Å². The molecule has 1 heterocycles. The van der Waals surface area contributed by atoms with Crippen LogP contribution in [-0.4, -0.2) is 19.1 Å². The van der Waals surface area contributed by atoms with Crippen molar-refractivity contribution in [2.75, 3.05) is 13.0 Å². The van der Waals surface area contributed by atoms with Crippen molar-refractivity contribution in [2.45, 2.75) is 19.4 Å². The quantitative estimate of drug-likeness (QED) is 0.527. The smallest absolute Gasteiger partial charge is 0.216 e. The Kier molecular flexibility index (Phi) is 2.70. The van der Waals surface area contributed by atoms with Gasteiger partial charge in [0.2, 0.25) is 8.03 Å². The Labute approximate surface area is 55.2 Å². The fraction of sp³-hybridized carbons (Fsp3) is 1.00. The highest BCUT2D eigenvalue weighted by Crippen LogP contribution is 2.28. The molecule has 9 heavy (non-hydrogen) atoms. The van der Waals surface area contributed by atoms with E-state index in [4.69, 9.17) is 9.26 Å². The van der Waals surface area contributed by atoms with Crippen LogP contribution in [0.15, 0.2) is 0 Å². The van der Waals surface area contributed by atoms with Gasteiger partial charge < -0.3 is 9.26 Å². The van der Waals surface area contributed by atoms with Gasteiger partial charge in [0.15, 0.2) is 0 Å². The predicted molar refractivity (Wildman–Crippen MR) is 35.0 cm³/mol. The minimum Gasteiger partial charge on any atom is -0.366 e. The van der Waals surface area contributed by atoms with Crippen LogP contribution in [0.25, 0.3) is 0 Å². The molecule has 0 radical (unpaired) electrons. The van der Waals surface area contributed by atoms with Gasteiger partial charge in [0, 0.05) is 0 Å². The Balaban J connectivity index is 2.26. The van der Waals surface area contributed by atoms with Crippen molar-refractivity contribution in [1.82, 2.24) is 0 Å². The molecule has 1 unspecified atom stereocenters. The summed E-state index contributed by atoms with van der Waals surface area (Å²) in [7, 11) is -1.81. The topological polar surface area (TPSA) is 35.5 Å². The minimum absolute atomic E-state index is 0.174. The zero-order valence-corrected chi connectivity index (χ0v) is 6.42. The van der Waals surface area contributed by atoms with Crippen LogP contribution in [0.2, 0.25) is 0 Å². The van der Waals surface area contributed by atoms with Gasteiger partial charge in [-0.05, 0) is 6.42 Å². The minimum atomic E-state index is -1.81. The standard InChI is InChI=1S/C5H11O3P/c1-2-5-3-8-9(6)4-7-5/h5,9H,2-4H2,1H3/t5-/m0/s1. The highest BCUT2D eigenvalue weighted by molar-refractivity contribution is 7.38. The molecule has 0 aromatic heterocycles. The molecule has 0 saturated carbocycles. The summed E-state index contributed by atoms with van der Waals surface area (Å²) < 4.78 is 20.6. The van der Waals surface area contributed by atoms with Crippen LogP contribution in [0.4, 0.5) is 0 Å². The molecule has 0 amide bonds. The van der Waals surface area contributed by atoms with Gasteiger partial charge in [0.05, 0.1) is 12.7 Å². The summed E-state index contributed by atoms with van der Waals surface area (Å²) >= 11 is 0. The lowest BCUT2D eigenvalue weighted by Crippen LogP contribution is -2.21. The molecule has 0 aromatic carbocycles. The average molecular weight is 150 g/mol. The highest BCUT2D eigenvalue weighted by atomic mass is 31.1. The van der Waals surface area contributed by atoms with Crippen LogP contribution in [0.5, 0.6) is 0 Å². The van der Waals surface area contributed by atoms with Gasteiger partial charge in [-0.3, -0.25) is 4.57 Å². The summed E-state index contributed by atoms with van der Waals surface area (Å²) in [5.41, 5.74) is 0. The molecule has 54 valence electrons. The summed E-state index contributed by atoms with van der Waals surface area (Å²) in [4.78, 5) is 0. The van der Waals surface area contributed by atoms with Crippen LogP contribution >= 0.6 is 8.03 Å². The highest BCUT2D eigenvalue weighted by Gasteiger charge is 2.15. The van der Waals surface area contributed by atoms with Gasteiger partial charge in [-0.2, -0.15) is 0 Å². The molecule has 1 aliphatic rings. The van der Waals surface area contributed by atoms with E-state index < -0.39 is 8.03 Å². The largest absolute Gasteiger partial charge is 0.366 e. The Hall–Kier alpha value is 0.150. The van der Waals surface area contributed by atoms with Crippen molar-refractivity contribution in [2.24, 2.45) is 0 Å². The van der Waals surface area contributed by atoms with Crippen molar-refractivity contribution >= 4 is 8.03 Å². The van der Waals surface area contributed by atoms with Gasteiger partial charge in [0.25, 0.3) is 0 Å². The van der Waals surface area contributed by atoms with Crippen molar-refractivity contribution in [1.29, 1.82) is 0 Å². The number of ether oxygens (including phenoxy) is 1. The molecule has 4 heteroatoms. The number of hydrogen-bond acceptors (Lipinski definition) is 3. The van der Waals surface area contributed by atoms with Crippen LogP contribution in [0.3, 0.4) is 0 Å². The van der Waals surface area contributed by atoms with Gasteiger partial charge in [-0.25, -0.2) is 0 Å². The SMILES string of the molecule is CC[C@H]1CO[PH](=O)CO1. The molecule has 0 bridgehead atoms. The van der Waals surface area contributed by atoms with Gasteiger partial charge in [0.1, 0.15) is 6.35 Å². The summed E-state index contributed by atoms with van der Waals surface area (Å²) in [6.45, 7) is 2.53. The molecule has 1 fully saturated rings. The molecule has 1 rings (SSSR count). The van der Waals surface area contributed by atoms with E-state index >= 15 is 0 Å². The zero-order valence-electron chi connectivity index (χ0n) is 5.42. The lowest BCUT2D eigenvalue weighted by atomic mass is 10.3. The maximum absolute atomic E-state index is 10.6. The molecule has 0 N–H and O–H groups in total. The maximum atomic E-state index is 10.6. The molecule has 0 spiro atoms. The molecule has 0 aliphatic carbocycles. The molecule has 1 saturated heterocycles. The van der Waals surface area contributed by atoms with E-state index in [0.29, 0.717) is 13.0 Å². The lowest BCUT2D eigenvalue weighted by molar-refractivity contribution is 0.0170. The normalized spacial score (nSPS) is 36.6. The van der Waals surface area contributed by atoms with Gasteiger partial charge >= 0.3 is 0 Å². The molecular weight excluding hydrogens is 139 g/mol. The zero-order chi connectivity index (χ0) is 6.69. The van der Waals surface area contributed by atoms with E-state index in [-0.39, 0.29) is 6.10 Å². The second-order valence-electron chi connectivity index (χ2n) is 2.02. The van der Waals surface area contributed by atoms with Crippen molar-refractivity contribution in [3.05, 3.63) is 0 Å². The van der Waals surface area contributed by atoms with Crippen LogP contribution in [-0.2, 0) is 13.8 Å². The second kappa shape index (κ2) is 3.35. The Morgan fingerprint density at radius 1 is 1.78 bits per heavy atom. The van der Waals surface area contributed by atoms with Crippen molar-refractivity contribution in [3.8, 4) is 0 Å². The first-order valence-corrected chi connectivity index (χ1v) is 4.62. The first-order chi connectivity index (χ1) is 4.33. The van der Waals surface area contributed by atoms with Crippen LogP contribution < -0.4 is 0 Å². The van der Waals surface area contributed by atoms with Crippen LogP contribution in [0.1, 0.15) is 13.3 Å². The summed E-state index contributed by atoms with van der Waals surface area (Å²) in [6.07, 6.45) is 1.42. The van der Waals surface area contributed by atoms with Gasteiger partial charge in [-0.1, -0.05) is 6.92 Å². The second-order valence-corrected chi connectivity index (χ2v) is 3.35. The monoisotopic (exact) mass is 150 g/mol. The molecule has 0 aromatic rings. The lowest BCUT2D eigenvalue weighted by Gasteiger charge is -2.20. The predicted octanol–water partition coefficient (Wildman–Crippen LogP) is 1.24. The molecular formula is C5H11O3P. The fourth-order valence-corrected chi connectivity index (χ4v) is 1.52. The van der Waals surface area contributed by atoms with E-state index in [0.717, 1.165) is 6.42 Å². The fourth-order valence-electron chi connectivity index (χ4n) is 0.697. The summed E-state index contributed by atoms with van der Waals surface area (Å²) in [5.74, 6) is 0. The van der Waals surface area contributed by atoms with E-state index in [2.05, 4.69) is 0 Å². The van der Waals surface area contributed by atoms with Crippen LogP contribution in [0, 0.1) is 0 Å². The van der Waals surface area contributed by atoms with E-state index in [9.17, 15) is 4.57 Å². The Morgan fingerprint density at radius 2 is 2.56 bits per heavy atom. The average Bonchev–Trinajstić information content (AvgIpc) is 1.90. The third-order valence-electron chi connectivity index (χ3n) is 1.32. The summed E-state index contributed by atoms with van der Waals surface area (Å²) in [5, 5.41) is 0. The third-order valence-corrected chi connectivity index (χ3v) is 2.21. The Morgan fingerprint density at radius 3 is 3.00 bits per heavy atom. The first-order valence-electron chi connectivity index (χ1n) is 3.10. The van der Waals surface area contributed by atoms with E-state index in [1.807, 2.05) is 6.92 Å². The first kappa shape index (κ1) is 7.26. The molecule has 2 atom stereocenters. The van der Waals surface area contributed by atoms with E-state index in [1.54, 1.807) is 0 Å². The Bertz CT molecular complexity index is 105. The number of hydrogen-bond donors (Lipinski definition) is 0. The molecule has 3 nitrogen and oxygen atoms in total. The number of rotatable bonds is 1. The molecule has 1 aliphatic heterocycles. The van der Waals surface area contributed by atoms with Gasteiger partial charge in [-0.15, -0.1) is 0 Å².